The third-order valence-electron chi connectivity index (χ3n) is 5.42. The van der Waals surface area contributed by atoms with E-state index in [1.165, 1.54) is 6.33 Å². The quantitative estimate of drug-likeness (QED) is 0.457. The highest BCUT2D eigenvalue weighted by atomic mass is 16.5. The second-order valence-electron chi connectivity index (χ2n) is 8.28. The molecule has 1 unspecified atom stereocenters. The lowest BCUT2D eigenvalue weighted by molar-refractivity contribution is -0.113. The number of nitrogens with one attached hydrogen (secondary N) is 2. The van der Waals surface area contributed by atoms with Crippen LogP contribution < -0.4 is 24.8 Å². The Balaban J connectivity index is 1.76. The molecule has 0 saturated heterocycles. The average molecular weight is 478 g/mol. The van der Waals surface area contributed by atoms with Gasteiger partial charge in [-0.1, -0.05) is 18.2 Å². The van der Waals surface area contributed by atoms with Crippen LogP contribution in [0, 0.1) is 0 Å². The van der Waals surface area contributed by atoms with Crippen molar-refractivity contribution in [2.45, 2.75) is 46.8 Å². The van der Waals surface area contributed by atoms with E-state index in [0.717, 1.165) is 5.56 Å². The molecule has 2 heterocycles. The Hall–Kier alpha value is -4.01. The van der Waals surface area contributed by atoms with Gasteiger partial charge < -0.3 is 24.8 Å². The highest BCUT2D eigenvalue weighted by Crippen LogP contribution is 2.39. The molecule has 1 aliphatic rings. The summed E-state index contributed by atoms with van der Waals surface area (Å²) in [5, 5.41) is 10.6. The van der Waals surface area contributed by atoms with Gasteiger partial charge in [-0.2, -0.15) is 10.1 Å². The van der Waals surface area contributed by atoms with Crippen molar-refractivity contribution in [2.75, 3.05) is 23.8 Å². The minimum Gasteiger partial charge on any atom is -0.492 e. The minimum absolute atomic E-state index is 0.00487. The van der Waals surface area contributed by atoms with Gasteiger partial charge in [-0.15, -0.1) is 0 Å². The number of carbonyl (C=O) groups excluding carboxylic acids is 1. The van der Waals surface area contributed by atoms with Crippen LogP contribution in [0.1, 0.15) is 46.2 Å². The molecule has 3 aromatic rings. The Kier molecular flexibility index (Phi) is 7.24. The topological polar surface area (TPSA) is 99.5 Å². The molecule has 1 amide bonds. The van der Waals surface area contributed by atoms with Crippen LogP contribution in [0.15, 0.2) is 60.1 Å². The van der Waals surface area contributed by atoms with Gasteiger partial charge in [0.15, 0.2) is 11.5 Å². The van der Waals surface area contributed by atoms with E-state index < -0.39 is 6.04 Å². The Bertz CT molecular complexity index is 1230. The minimum atomic E-state index is -0.527. The average Bonchev–Trinajstić information content (AvgIpc) is 3.28. The van der Waals surface area contributed by atoms with Crippen molar-refractivity contribution in [1.29, 1.82) is 0 Å². The van der Waals surface area contributed by atoms with Crippen molar-refractivity contribution in [2.24, 2.45) is 0 Å². The number of benzene rings is 2. The molecule has 0 saturated carbocycles. The molecule has 9 heteroatoms. The van der Waals surface area contributed by atoms with Gasteiger partial charge in [-0.3, -0.25) is 4.79 Å². The molecule has 0 bridgehead atoms. The van der Waals surface area contributed by atoms with Crippen LogP contribution in [0.4, 0.5) is 11.6 Å². The molecule has 1 aliphatic heterocycles. The monoisotopic (exact) mass is 477 g/mol. The lowest BCUT2D eigenvalue weighted by Crippen LogP contribution is -2.31. The molecule has 1 aromatic heterocycles. The number of allylic oxidation sites excluding steroid dienone is 1. The molecule has 0 spiro atoms. The predicted octanol–water partition coefficient (Wildman–Crippen LogP) is 4.79. The summed E-state index contributed by atoms with van der Waals surface area (Å²) >= 11 is 0. The first-order chi connectivity index (χ1) is 16.9. The number of rotatable bonds is 9. The summed E-state index contributed by atoms with van der Waals surface area (Å²) in [6.07, 6.45) is 1.46. The van der Waals surface area contributed by atoms with Crippen LogP contribution in [0.2, 0.25) is 0 Å². The first-order valence-corrected chi connectivity index (χ1v) is 11.8. The van der Waals surface area contributed by atoms with Gasteiger partial charge >= 0.3 is 0 Å². The molecule has 0 fully saturated rings. The molecule has 0 aliphatic carbocycles. The summed E-state index contributed by atoms with van der Waals surface area (Å²) in [4.78, 5) is 18.0. The van der Waals surface area contributed by atoms with E-state index in [2.05, 4.69) is 20.7 Å². The summed E-state index contributed by atoms with van der Waals surface area (Å²) in [6, 6.07) is 12.5. The highest BCUT2D eigenvalue weighted by Gasteiger charge is 2.34. The summed E-state index contributed by atoms with van der Waals surface area (Å²) in [6.45, 7) is 10.6. The first-order valence-electron chi connectivity index (χ1n) is 11.8. The van der Waals surface area contributed by atoms with Gasteiger partial charge in [-0.05, 0) is 64.4 Å². The van der Waals surface area contributed by atoms with E-state index >= 15 is 0 Å². The first kappa shape index (κ1) is 24.1. The number of ether oxygens (including phenoxy) is 3. The molecular formula is C26H31N5O4. The Morgan fingerprint density at radius 2 is 1.83 bits per heavy atom. The normalized spacial score (nSPS) is 14.9. The number of carbonyl (C=O) groups is 1. The van der Waals surface area contributed by atoms with Gasteiger partial charge in [0.1, 0.15) is 18.1 Å². The fourth-order valence-corrected chi connectivity index (χ4v) is 4.05. The predicted molar refractivity (Wildman–Crippen MR) is 134 cm³/mol. The zero-order chi connectivity index (χ0) is 24.9. The van der Waals surface area contributed by atoms with E-state index in [9.17, 15) is 4.79 Å². The van der Waals surface area contributed by atoms with Gasteiger partial charge in [0, 0.05) is 5.70 Å². The SMILES string of the molecule is CCOc1ccccc1NC(=O)C1=C(C)Nc2ncnn2C1c1ccc(OC(C)C)c(OCC)c1. The summed E-state index contributed by atoms with van der Waals surface area (Å²) in [5.41, 5.74) is 2.61. The number of fused-ring (bicyclic) bond motifs is 1. The fraction of sp³-hybridized carbons (Fsp3) is 0.346. The van der Waals surface area contributed by atoms with E-state index in [0.29, 0.717) is 53.4 Å². The maximum atomic E-state index is 13.7. The molecule has 1 atom stereocenters. The van der Waals surface area contributed by atoms with Crippen LogP contribution in [0.25, 0.3) is 0 Å². The Morgan fingerprint density at radius 3 is 2.57 bits per heavy atom. The number of aromatic nitrogens is 3. The molecule has 0 radical (unpaired) electrons. The van der Waals surface area contributed by atoms with Crippen molar-refractivity contribution in [3.63, 3.8) is 0 Å². The number of hydrogen-bond acceptors (Lipinski definition) is 7. The number of para-hydroxylation sites is 2. The molecule has 2 N–H and O–H groups in total. The second kappa shape index (κ2) is 10.5. The third-order valence-corrected chi connectivity index (χ3v) is 5.42. The van der Waals surface area contributed by atoms with E-state index in [4.69, 9.17) is 14.2 Å². The van der Waals surface area contributed by atoms with E-state index in [1.807, 2.05) is 77.1 Å². The number of nitrogens with zero attached hydrogens (tertiary/aromatic N) is 3. The number of amides is 1. The maximum absolute atomic E-state index is 13.7. The van der Waals surface area contributed by atoms with Crippen LogP contribution in [-0.2, 0) is 4.79 Å². The molecule has 35 heavy (non-hydrogen) atoms. The standard InChI is InChI=1S/C26H31N5O4/c1-6-33-20-11-9-8-10-19(20)30-25(32)23-17(5)29-26-27-15-28-31(26)24(23)18-12-13-21(35-16(3)4)22(14-18)34-7-2/h8-16,24H,6-7H2,1-5H3,(H,30,32)(H,27,28,29). The van der Waals surface area contributed by atoms with Crippen LogP contribution in [0.3, 0.4) is 0 Å². The zero-order valence-electron chi connectivity index (χ0n) is 20.7. The van der Waals surface area contributed by atoms with Crippen LogP contribution in [0.5, 0.6) is 17.2 Å². The van der Waals surface area contributed by atoms with Gasteiger partial charge in [0.2, 0.25) is 5.95 Å². The maximum Gasteiger partial charge on any atom is 0.255 e. The third kappa shape index (κ3) is 5.08. The molecular weight excluding hydrogens is 446 g/mol. The summed E-state index contributed by atoms with van der Waals surface area (Å²) in [7, 11) is 0. The summed E-state index contributed by atoms with van der Waals surface area (Å²) < 4.78 is 19.2. The van der Waals surface area contributed by atoms with Crippen molar-refractivity contribution in [1.82, 2.24) is 14.8 Å². The van der Waals surface area contributed by atoms with Gasteiger partial charge in [0.05, 0.1) is 30.6 Å². The Morgan fingerprint density at radius 1 is 1.09 bits per heavy atom. The Labute approximate surface area is 205 Å². The number of hydrogen-bond donors (Lipinski definition) is 2. The van der Waals surface area contributed by atoms with Gasteiger partial charge in [0.25, 0.3) is 5.91 Å². The highest BCUT2D eigenvalue weighted by molar-refractivity contribution is 6.06. The fourth-order valence-electron chi connectivity index (χ4n) is 4.05. The van der Waals surface area contributed by atoms with Gasteiger partial charge in [-0.25, -0.2) is 4.68 Å². The van der Waals surface area contributed by atoms with Crippen molar-refractivity contribution in [3.05, 3.63) is 65.6 Å². The lowest BCUT2D eigenvalue weighted by atomic mass is 9.94. The smallest absolute Gasteiger partial charge is 0.255 e. The van der Waals surface area contributed by atoms with E-state index in [1.54, 1.807) is 4.68 Å². The number of anilines is 2. The largest absolute Gasteiger partial charge is 0.492 e. The van der Waals surface area contributed by atoms with Crippen molar-refractivity contribution in [3.8, 4) is 17.2 Å². The van der Waals surface area contributed by atoms with Crippen LogP contribution >= 0.6 is 0 Å². The van der Waals surface area contributed by atoms with Crippen molar-refractivity contribution < 1.29 is 19.0 Å². The molecule has 184 valence electrons. The zero-order valence-corrected chi connectivity index (χ0v) is 20.7. The lowest BCUT2D eigenvalue weighted by Gasteiger charge is -2.29. The molecule has 9 nitrogen and oxygen atoms in total. The molecule has 4 rings (SSSR count). The van der Waals surface area contributed by atoms with Crippen molar-refractivity contribution >= 4 is 17.5 Å². The van der Waals surface area contributed by atoms with Crippen LogP contribution in [-0.4, -0.2) is 40.0 Å². The molecule has 2 aromatic carbocycles. The summed E-state index contributed by atoms with van der Waals surface area (Å²) in [5.74, 6) is 2.15. The second-order valence-corrected chi connectivity index (χ2v) is 8.28. The van der Waals surface area contributed by atoms with E-state index in [-0.39, 0.29) is 12.0 Å².